The number of anilines is 1. The number of hydrogen-bond acceptors (Lipinski definition) is 6. The van der Waals surface area contributed by atoms with Gasteiger partial charge in [0.05, 0.1) is 24.6 Å². The van der Waals surface area contributed by atoms with Crippen LogP contribution in [0, 0.1) is 11.3 Å². The summed E-state index contributed by atoms with van der Waals surface area (Å²) >= 11 is 1.32. The molecule has 1 heterocycles. The summed E-state index contributed by atoms with van der Waals surface area (Å²) in [6.07, 6.45) is 0. The second kappa shape index (κ2) is 8.55. The fourth-order valence-electron chi connectivity index (χ4n) is 2.79. The number of methoxy groups -OCH3 is 1. The number of ether oxygens (including phenoxy) is 1. The zero-order valence-electron chi connectivity index (χ0n) is 15.7. The van der Waals surface area contributed by atoms with E-state index in [1.165, 1.54) is 11.3 Å². The molecule has 3 aromatic rings. The van der Waals surface area contributed by atoms with E-state index in [1.54, 1.807) is 7.11 Å². The maximum Gasteiger partial charge on any atom is 0.280 e. The molecule has 0 aliphatic rings. The van der Waals surface area contributed by atoms with E-state index in [2.05, 4.69) is 22.2 Å². The van der Waals surface area contributed by atoms with Crippen molar-refractivity contribution in [1.82, 2.24) is 10.3 Å². The van der Waals surface area contributed by atoms with Gasteiger partial charge in [-0.3, -0.25) is 4.79 Å². The van der Waals surface area contributed by atoms with Crippen LogP contribution in [0.1, 0.15) is 16.7 Å². The van der Waals surface area contributed by atoms with Crippen LogP contribution in [0.5, 0.6) is 5.75 Å². The first-order chi connectivity index (χ1) is 13.6. The van der Waals surface area contributed by atoms with Crippen LogP contribution in [-0.4, -0.2) is 31.1 Å². The van der Waals surface area contributed by atoms with Crippen molar-refractivity contribution in [2.75, 3.05) is 25.5 Å². The van der Waals surface area contributed by atoms with E-state index in [9.17, 15) is 4.79 Å². The highest BCUT2D eigenvalue weighted by Crippen LogP contribution is 2.36. The molecule has 0 atom stereocenters. The average molecular weight is 392 g/mol. The Morgan fingerprint density at radius 2 is 2.14 bits per heavy atom. The number of carbonyl (C=O) groups excluding carboxylic acids is 1. The number of thiazole rings is 1. The summed E-state index contributed by atoms with van der Waals surface area (Å²) in [5.41, 5.74) is 2.86. The van der Waals surface area contributed by atoms with Crippen molar-refractivity contribution >= 4 is 33.7 Å². The Labute approximate surface area is 167 Å². The monoisotopic (exact) mass is 392 g/mol. The van der Waals surface area contributed by atoms with Crippen LogP contribution < -0.4 is 15.4 Å². The van der Waals surface area contributed by atoms with Crippen LogP contribution in [-0.2, 0) is 0 Å². The van der Waals surface area contributed by atoms with Crippen LogP contribution in [0.15, 0.2) is 47.9 Å². The van der Waals surface area contributed by atoms with E-state index in [-0.39, 0.29) is 5.91 Å². The Morgan fingerprint density at radius 3 is 2.86 bits per heavy atom. The number of nitrogens with one attached hydrogen (secondary N) is 2. The van der Waals surface area contributed by atoms with Gasteiger partial charge in [-0.15, -0.1) is 11.3 Å². The summed E-state index contributed by atoms with van der Waals surface area (Å²) in [5, 5.41) is 19.2. The normalized spacial score (nSPS) is 10.3. The van der Waals surface area contributed by atoms with Gasteiger partial charge in [-0.1, -0.05) is 24.8 Å². The second-order valence-corrected chi connectivity index (χ2v) is 6.90. The van der Waals surface area contributed by atoms with Crippen molar-refractivity contribution in [1.29, 1.82) is 5.26 Å². The number of hydrogen-bond donors (Lipinski definition) is 2. The Morgan fingerprint density at radius 1 is 1.36 bits per heavy atom. The molecule has 142 valence electrons. The van der Waals surface area contributed by atoms with Gasteiger partial charge in [0.25, 0.3) is 5.91 Å². The topological polar surface area (TPSA) is 87.0 Å². The van der Waals surface area contributed by atoms with Crippen LogP contribution in [0.3, 0.4) is 0 Å². The van der Waals surface area contributed by atoms with Gasteiger partial charge in [-0.25, -0.2) is 4.98 Å². The van der Waals surface area contributed by atoms with Crippen molar-refractivity contribution in [3.63, 3.8) is 0 Å². The Bertz CT molecular complexity index is 1080. The van der Waals surface area contributed by atoms with Gasteiger partial charge >= 0.3 is 0 Å². The number of benzene rings is 2. The third-order valence-corrected chi connectivity index (χ3v) is 5.01. The minimum atomic E-state index is -0.168. The number of carbonyl (C=O) groups is 1. The van der Waals surface area contributed by atoms with Crippen molar-refractivity contribution in [3.8, 4) is 23.1 Å². The molecule has 2 aromatic carbocycles. The Balaban J connectivity index is 2.03. The quantitative estimate of drug-likeness (QED) is 0.588. The minimum absolute atomic E-state index is 0.168. The highest BCUT2D eigenvalue weighted by molar-refractivity contribution is 7.12. The smallest absolute Gasteiger partial charge is 0.280 e. The average Bonchev–Trinajstić information content (AvgIpc) is 3.21. The summed E-state index contributed by atoms with van der Waals surface area (Å²) in [5.74, 6) is 0.510. The van der Waals surface area contributed by atoms with Gasteiger partial charge in [0, 0.05) is 35.0 Å². The lowest BCUT2D eigenvalue weighted by molar-refractivity contribution is 0.0955. The molecule has 7 heteroatoms. The van der Waals surface area contributed by atoms with Crippen LogP contribution in [0.4, 0.5) is 5.69 Å². The molecule has 0 saturated carbocycles. The maximum absolute atomic E-state index is 12.0. The number of aromatic nitrogens is 1. The van der Waals surface area contributed by atoms with Gasteiger partial charge < -0.3 is 15.4 Å². The van der Waals surface area contributed by atoms with Gasteiger partial charge in [0.15, 0.2) is 5.01 Å². The van der Waals surface area contributed by atoms with Crippen molar-refractivity contribution < 1.29 is 9.53 Å². The van der Waals surface area contributed by atoms with Crippen LogP contribution in [0.2, 0.25) is 0 Å². The molecule has 28 heavy (non-hydrogen) atoms. The molecule has 0 aliphatic heterocycles. The summed E-state index contributed by atoms with van der Waals surface area (Å²) in [6, 6.07) is 11.9. The van der Waals surface area contributed by atoms with E-state index in [0.717, 1.165) is 27.7 Å². The van der Waals surface area contributed by atoms with Crippen molar-refractivity contribution in [2.24, 2.45) is 0 Å². The van der Waals surface area contributed by atoms with Crippen LogP contribution >= 0.6 is 11.3 Å². The number of fused-ring (bicyclic) bond motifs is 1. The molecule has 0 saturated heterocycles. The van der Waals surface area contributed by atoms with Gasteiger partial charge in [-0.2, -0.15) is 5.26 Å². The van der Waals surface area contributed by atoms with Crippen molar-refractivity contribution in [3.05, 3.63) is 52.9 Å². The largest absolute Gasteiger partial charge is 0.495 e. The van der Waals surface area contributed by atoms with Gasteiger partial charge in [-0.05, 0) is 24.4 Å². The molecule has 0 radical (unpaired) electrons. The lowest BCUT2D eigenvalue weighted by Gasteiger charge is -2.14. The molecule has 1 aromatic heterocycles. The summed E-state index contributed by atoms with van der Waals surface area (Å²) < 4.78 is 5.49. The third kappa shape index (κ3) is 3.97. The standard InChI is InChI=1S/C21H20N4O2S/c1-4-23-20(26)21-25-17(12-28-21)15-6-5-14-7-8-18(27-3)19(16(14)9-15)24-11-13(2)10-22/h5-9,12,24H,2,4,11H2,1,3H3,(H,23,26). The van der Waals surface area contributed by atoms with Gasteiger partial charge in [0.1, 0.15) is 5.75 Å². The first-order valence-corrected chi connectivity index (χ1v) is 9.62. The van der Waals surface area contributed by atoms with E-state index < -0.39 is 0 Å². The zero-order chi connectivity index (χ0) is 20.1. The highest BCUT2D eigenvalue weighted by atomic mass is 32.1. The fraction of sp³-hybridized carbons (Fsp3) is 0.190. The molecule has 0 aliphatic carbocycles. The van der Waals surface area contributed by atoms with E-state index in [1.807, 2.05) is 48.7 Å². The van der Waals surface area contributed by atoms with Gasteiger partial charge in [0.2, 0.25) is 0 Å². The zero-order valence-corrected chi connectivity index (χ0v) is 16.5. The SMILES string of the molecule is C=C(C#N)CNc1c(OC)ccc2ccc(-c3csc(C(=O)NCC)n3)cc12. The molecule has 0 spiro atoms. The first kappa shape index (κ1) is 19.4. The Hall–Kier alpha value is -3.37. The molecular formula is C21H20N4O2S. The van der Waals surface area contributed by atoms with E-state index >= 15 is 0 Å². The number of rotatable bonds is 7. The molecule has 0 bridgehead atoms. The summed E-state index contributed by atoms with van der Waals surface area (Å²) in [7, 11) is 1.61. The molecule has 0 unspecified atom stereocenters. The molecule has 1 amide bonds. The number of amides is 1. The molecule has 3 rings (SSSR count). The number of nitrogens with zero attached hydrogens (tertiary/aromatic N) is 2. The predicted octanol–water partition coefficient (Wildman–Crippen LogP) is 4.21. The third-order valence-electron chi connectivity index (χ3n) is 4.17. The Kier molecular flexibility index (Phi) is 5.92. The van der Waals surface area contributed by atoms with E-state index in [4.69, 9.17) is 10.00 Å². The van der Waals surface area contributed by atoms with E-state index in [0.29, 0.717) is 29.4 Å². The highest BCUT2D eigenvalue weighted by Gasteiger charge is 2.14. The lowest BCUT2D eigenvalue weighted by atomic mass is 10.0. The van der Waals surface area contributed by atoms with Crippen LogP contribution in [0.25, 0.3) is 22.0 Å². The number of nitriles is 1. The molecule has 0 fully saturated rings. The molecule has 6 nitrogen and oxygen atoms in total. The predicted molar refractivity (Wildman–Crippen MR) is 113 cm³/mol. The minimum Gasteiger partial charge on any atom is -0.495 e. The summed E-state index contributed by atoms with van der Waals surface area (Å²) in [4.78, 5) is 16.5. The first-order valence-electron chi connectivity index (χ1n) is 8.74. The fourth-order valence-corrected chi connectivity index (χ4v) is 3.54. The van der Waals surface area contributed by atoms with Crippen molar-refractivity contribution in [2.45, 2.75) is 6.92 Å². The maximum atomic E-state index is 12.0. The second-order valence-electron chi connectivity index (χ2n) is 6.05. The lowest BCUT2D eigenvalue weighted by Crippen LogP contribution is -2.22. The summed E-state index contributed by atoms with van der Waals surface area (Å²) in [6.45, 7) is 6.48. The molecular weight excluding hydrogens is 372 g/mol. The molecule has 2 N–H and O–H groups in total.